The summed E-state index contributed by atoms with van der Waals surface area (Å²) in [5.74, 6) is -0.105. The fraction of sp³-hybridized carbons (Fsp3) is 0.312. The van der Waals surface area contributed by atoms with Crippen molar-refractivity contribution < 1.29 is 4.79 Å². The Morgan fingerprint density at radius 1 is 1.24 bits per heavy atom. The second-order valence-corrected chi connectivity index (χ2v) is 5.07. The Hall–Kier alpha value is -2.27. The smallest absolute Gasteiger partial charge is 0.270 e. The van der Waals surface area contributed by atoms with E-state index in [-0.39, 0.29) is 5.91 Å². The van der Waals surface area contributed by atoms with Gasteiger partial charge in [-0.25, -0.2) is 9.97 Å². The predicted molar refractivity (Wildman–Crippen MR) is 79.9 cm³/mol. The van der Waals surface area contributed by atoms with E-state index in [0.29, 0.717) is 18.8 Å². The van der Waals surface area contributed by atoms with Gasteiger partial charge in [-0.05, 0) is 24.9 Å². The molecule has 0 atom stereocenters. The minimum absolute atomic E-state index is 0.105. The second kappa shape index (κ2) is 6.45. The lowest BCUT2D eigenvalue weighted by Gasteiger charge is -2.17. The Bertz CT molecular complexity index is 627. The molecule has 0 aliphatic carbocycles. The first-order valence-corrected chi connectivity index (χ1v) is 7.20. The molecule has 108 valence electrons. The number of amides is 1. The number of rotatable bonds is 4. The number of carbonyl (C=O) groups is 1. The van der Waals surface area contributed by atoms with E-state index in [4.69, 9.17) is 0 Å². The van der Waals surface area contributed by atoms with Crippen molar-refractivity contribution in [1.29, 1.82) is 0 Å². The zero-order chi connectivity index (χ0) is 14.5. The van der Waals surface area contributed by atoms with Crippen molar-refractivity contribution in [2.24, 2.45) is 0 Å². The highest BCUT2D eigenvalue weighted by Crippen LogP contribution is 2.14. The van der Waals surface area contributed by atoms with Crippen LogP contribution in [0.3, 0.4) is 0 Å². The topological polar surface area (TPSA) is 66.9 Å². The molecule has 5 heteroatoms. The summed E-state index contributed by atoms with van der Waals surface area (Å²) in [5, 5.41) is 6.20. The summed E-state index contributed by atoms with van der Waals surface area (Å²) in [7, 11) is 0. The first-order valence-electron chi connectivity index (χ1n) is 7.20. The van der Waals surface area contributed by atoms with Crippen LogP contribution in [0.4, 0.5) is 0 Å². The van der Waals surface area contributed by atoms with Crippen LogP contribution in [0, 0.1) is 0 Å². The summed E-state index contributed by atoms with van der Waals surface area (Å²) in [6.07, 6.45) is 3.09. The standard InChI is InChI=1S/C16H18N4O/c21-16(18-9-6-12-4-2-1-3-5-12)15-13-7-8-17-10-14(13)19-11-20-15/h1-5,11,17H,6-10H2,(H,18,21). The molecule has 0 unspecified atom stereocenters. The van der Waals surface area contributed by atoms with Crippen molar-refractivity contribution >= 4 is 5.91 Å². The normalized spacial score (nSPS) is 13.5. The molecule has 0 radical (unpaired) electrons. The van der Waals surface area contributed by atoms with E-state index in [2.05, 4.69) is 32.7 Å². The first-order chi connectivity index (χ1) is 10.3. The van der Waals surface area contributed by atoms with Gasteiger partial charge in [-0.3, -0.25) is 4.79 Å². The van der Waals surface area contributed by atoms with Crippen molar-refractivity contribution in [2.45, 2.75) is 19.4 Å². The highest BCUT2D eigenvalue weighted by Gasteiger charge is 2.19. The van der Waals surface area contributed by atoms with E-state index in [0.717, 1.165) is 30.6 Å². The van der Waals surface area contributed by atoms with Gasteiger partial charge in [0.15, 0.2) is 0 Å². The van der Waals surface area contributed by atoms with E-state index in [1.165, 1.54) is 11.9 Å². The zero-order valence-electron chi connectivity index (χ0n) is 11.8. The molecule has 1 aromatic carbocycles. The summed E-state index contributed by atoms with van der Waals surface area (Å²) >= 11 is 0. The summed E-state index contributed by atoms with van der Waals surface area (Å²) in [4.78, 5) is 20.7. The first kappa shape index (κ1) is 13.7. The molecular formula is C16H18N4O. The number of benzene rings is 1. The van der Waals surface area contributed by atoms with Crippen LogP contribution in [-0.2, 0) is 19.4 Å². The van der Waals surface area contributed by atoms with E-state index < -0.39 is 0 Å². The Labute approximate surface area is 123 Å². The largest absolute Gasteiger partial charge is 0.350 e. The Balaban J connectivity index is 1.63. The van der Waals surface area contributed by atoms with Crippen molar-refractivity contribution in [1.82, 2.24) is 20.6 Å². The zero-order valence-corrected chi connectivity index (χ0v) is 11.8. The maximum Gasteiger partial charge on any atom is 0.270 e. The van der Waals surface area contributed by atoms with Gasteiger partial charge in [-0.2, -0.15) is 0 Å². The molecule has 1 amide bonds. The lowest BCUT2D eigenvalue weighted by Crippen LogP contribution is -2.32. The molecule has 0 fully saturated rings. The van der Waals surface area contributed by atoms with Crippen molar-refractivity contribution in [2.75, 3.05) is 13.1 Å². The SMILES string of the molecule is O=C(NCCc1ccccc1)c1ncnc2c1CCNC2. The predicted octanol–water partition coefficient (Wildman–Crippen LogP) is 1.09. The van der Waals surface area contributed by atoms with Crippen molar-refractivity contribution in [3.05, 3.63) is 59.2 Å². The number of nitrogens with one attached hydrogen (secondary N) is 2. The number of hydrogen-bond acceptors (Lipinski definition) is 4. The molecule has 2 N–H and O–H groups in total. The van der Waals surface area contributed by atoms with Crippen LogP contribution in [0.5, 0.6) is 0 Å². The van der Waals surface area contributed by atoms with Gasteiger partial charge in [-0.1, -0.05) is 30.3 Å². The lowest BCUT2D eigenvalue weighted by molar-refractivity contribution is 0.0947. The molecule has 21 heavy (non-hydrogen) atoms. The maximum atomic E-state index is 12.3. The lowest BCUT2D eigenvalue weighted by atomic mass is 10.0. The Morgan fingerprint density at radius 2 is 2.10 bits per heavy atom. The van der Waals surface area contributed by atoms with Gasteiger partial charge in [0.05, 0.1) is 5.69 Å². The van der Waals surface area contributed by atoms with Gasteiger partial charge in [0.25, 0.3) is 5.91 Å². The van der Waals surface area contributed by atoms with Crippen LogP contribution in [0.15, 0.2) is 36.7 Å². The third-order valence-corrected chi connectivity index (χ3v) is 3.64. The van der Waals surface area contributed by atoms with E-state index in [9.17, 15) is 4.79 Å². The summed E-state index contributed by atoms with van der Waals surface area (Å²) in [6, 6.07) is 10.1. The van der Waals surface area contributed by atoms with E-state index >= 15 is 0 Å². The van der Waals surface area contributed by atoms with Crippen LogP contribution < -0.4 is 10.6 Å². The van der Waals surface area contributed by atoms with Gasteiger partial charge < -0.3 is 10.6 Å². The average molecular weight is 282 g/mol. The molecule has 0 saturated heterocycles. The summed E-state index contributed by atoms with van der Waals surface area (Å²) < 4.78 is 0. The van der Waals surface area contributed by atoms with Gasteiger partial charge in [-0.15, -0.1) is 0 Å². The molecule has 1 aliphatic heterocycles. The molecule has 2 aromatic rings. The fourth-order valence-electron chi connectivity index (χ4n) is 2.53. The Morgan fingerprint density at radius 3 is 2.95 bits per heavy atom. The third-order valence-electron chi connectivity index (χ3n) is 3.64. The second-order valence-electron chi connectivity index (χ2n) is 5.07. The number of carbonyl (C=O) groups excluding carboxylic acids is 1. The van der Waals surface area contributed by atoms with E-state index in [1.54, 1.807) is 0 Å². The molecule has 3 rings (SSSR count). The van der Waals surface area contributed by atoms with Crippen LogP contribution in [0.1, 0.15) is 27.3 Å². The van der Waals surface area contributed by atoms with Crippen LogP contribution in [-0.4, -0.2) is 29.0 Å². The fourth-order valence-corrected chi connectivity index (χ4v) is 2.53. The molecule has 2 heterocycles. The van der Waals surface area contributed by atoms with Gasteiger partial charge in [0.2, 0.25) is 0 Å². The molecule has 0 bridgehead atoms. The number of hydrogen-bond donors (Lipinski definition) is 2. The number of nitrogens with zero attached hydrogens (tertiary/aromatic N) is 2. The highest BCUT2D eigenvalue weighted by atomic mass is 16.1. The molecule has 1 aromatic heterocycles. The third kappa shape index (κ3) is 3.25. The van der Waals surface area contributed by atoms with Gasteiger partial charge in [0.1, 0.15) is 12.0 Å². The quantitative estimate of drug-likeness (QED) is 0.881. The van der Waals surface area contributed by atoms with Gasteiger partial charge in [0, 0.05) is 18.7 Å². The molecule has 1 aliphatic rings. The van der Waals surface area contributed by atoms with E-state index in [1.807, 2.05) is 18.2 Å². The molecular weight excluding hydrogens is 264 g/mol. The molecule has 0 saturated carbocycles. The maximum absolute atomic E-state index is 12.3. The van der Waals surface area contributed by atoms with Gasteiger partial charge >= 0.3 is 0 Å². The minimum Gasteiger partial charge on any atom is -0.350 e. The van der Waals surface area contributed by atoms with Crippen molar-refractivity contribution in [3.8, 4) is 0 Å². The molecule has 5 nitrogen and oxygen atoms in total. The number of aromatic nitrogens is 2. The van der Waals surface area contributed by atoms with Crippen LogP contribution in [0.25, 0.3) is 0 Å². The highest BCUT2D eigenvalue weighted by molar-refractivity contribution is 5.93. The summed E-state index contributed by atoms with van der Waals surface area (Å²) in [5.41, 5.74) is 3.65. The minimum atomic E-state index is -0.105. The van der Waals surface area contributed by atoms with Crippen LogP contribution in [0.2, 0.25) is 0 Å². The monoisotopic (exact) mass is 282 g/mol. The van der Waals surface area contributed by atoms with Crippen molar-refractivity contribution in [3.63, 3.8) is 0 Å². The summed E-state index contributed by atoms with van der Waals surface area (Å²) in [6.45, 7) is 2.19. The average Bonchev–Trinajstić information content (AvgIpc) is 2.55. The Kier molecular flexibility index (Phi) is 4.21. The van der Waals surface area contributed by atoms with Crippen LogP contribution >= 0.6 is 0 Å². The molecule has 0 spiro atoms. The number of fused-ring (bicyclic) bond motifs is 1.